The van der Waals surface area contributed by atoms with Gasteiger partial charge in [0.05, 0.1) is 16.3 Å². The molecule has 9 heteroatoms. The second kappa shape index (κ2) is 8.93. The highest BCUT2D eigenvalue weighted by atomic mass is 35.5. The molecule has 0 bridgehead atoms. The first-order valence-corrected chi connectivity index (χ1v) is 9.70. The van der Waals surface area contributed by atoms with Crippen LogP contribution in [-0.4, -0.2) is 21.5 Å². The van der Waals surface area contributed by atoms with Gasteiger partial charge in [-0.25, -0.2) is 0 Å². The Morgan fingerprint density at radius 3 is 2.42 bits per heavy atom. The summed E-state index contributed by atoms with van der Waals surface area (Å²) in [5, 5.41) is 6.66. The molecule has 1 N–H and O–H groups in total. The van der Waals surface area contributed by atoms with Gasteiger partial charge in [0.2, 0.25) is 0 Å². The van der Waals surface area contributed by atoms with Gasteiger partial charge in [-0.1, -0.05) is 48.0 Å². The van der Waals surface area contributed by atoms with Crippen LogP contribution < -0.4 is 5.32 Å². The van der Waals surface area contributed by atoms with Crippen LogP contribution in [0, 0.1) is 6.92 Å². The molecule has 31 heavy (non-hydrogen) atoms. The zero-order chi connectivity index (χ0) is 22.8. The Labute approximate surface area is 181 Å². The van der Waals surface area contributed by atoms with Crippen molar-refractivity contribution < 1.29 is 22.8 Å². The maximum absolute atomic E-state index is 13.4. The first kappa shape index (κ1) is 22.6. The number of halogens is 4. The number of nitrogens with zero attached hydrogens (tertiary/aromatic N) is 2. The molecular weight excluding hydrogens is 431 g/mol. The van der Waals surface area contributed by atoms with Gasteiger partial charge in [-0.2, -0.15) is 18.3 Å². The first-order valence-electron chi connectivity index (χ1n) is 9.32. The summed E-state index contributed by atoms with van der Waals surface area (Å²) in [7, 11) is 1.29. The maximum Gasteiger partial charge on any atom is 0.420 e. The number of hydrogen-bond donors (Lipinski definition) is 1. The van der Waals surface area contributed by atoms with Crippen molar-refractivity contribution in [3.8, 4) is 0 Å². The van der Waals surface area contributed by atoms with Crippen molar-refractivity contribution in [3.05, 3.63) is 87.2 Å². The van der Waals surface area contributed by atoms with Gasteiger partial charge in [0.15, 0.2) is 5.78 Å². The van der Waals surface area contributed by atoms with Crippen molar-refractivity contribution in [1.29, 1.82) is 0 Å². The summed E-state index contributed by atoms with van der Waals surface area (Å²) in [5.41, 5.74) is -0.434. The van der Waals surface area contributed by atoms with Crippen LogP contribution >= 0.6 is 11.6 Å². The third-order valence-electron chi connectivity index (χ3n) is 4.71. The van der Waals surface area contributed by atoms with Crippen LogP contribution in [0.5, 0.6) is 0 Å². The number of alkyl halides is 3. The fourth-order valence-corrected chi connectivity index (χ4v) is 3.52. The summed E-state index contributed by atoms with van der Waals surface area (Å²) >= 11 is 6.13. The van der Waals surface area contributed by atoms with Crippen LogP contribution in [0.25, 0.3) is 0 Å². The van der Waals surface area contributed by atoms with E-state index in [9.17, 15) is 22.8 Å². The Balaban J connectivity index is 1.81. The molecule has 3 rings (SSSR count). The number of amides is 1. The lowest BCUT2D eigenvalue weighted by atomic mass is 10.0. The van der Waals surface area contributed by atoms with Gasteiger partial charge in [-0.05, 0) is 30.2 Å². The van der Waals surface area contributed by atoms with Crippen molar-refractivity contribution in [2.45, 2.75) is 26.1 Å². The van der Waals surface area contributed by atoms with Crippen LogP contribution in [0.3, 0.4) is 0 Å². The van der Waals surface area contributed by atoms with Gasteiger partial charge in [-0.3, -0.25) is 14.3 Å². The summed E-state index contributed by atoms with van der Waals surface area (Å²) in [5.74, 6) is -1.20. The lowest BCUT2D eigenvalue weighted by molar-refractivity contribution is -0.138. The summed E-state index contributed by atoms with van der Waals surface area (Å²) in [6.07, 6.45) is -5.04. The number of hydrogen-bond acceptors (Lipinski definition) is 3. The van der Waals surface area contributed by atoms with Gasteiger partial charge in [-0.15, -0.1) is 0 Å². The predicted molar refractivity (Wildman–Crippen MR) is 110 cm³/mol. The molecule has 2 aromatic carbocycles. The topological polar surface area (TPSA) is 64.0 Å². The van der Waals surface area contributed by atoms with Crippen LogP contribution in [0.1, 0.15) is 43.2 Å². The van der Waals surface area contributed by atoms with Gasteiger partial charge < -0.3 is 5.32 Å². The second-order valence-electron chi connectivity index (χ2n) is 7.01. The monoisotopic (exact) mass is 449 g/mol. The standard InChI is InChI=1S/C22H19ClF3N3O2/c1-13-19(22(24,25)26)20(29(2)28-13)18(30)11-15-8-9-17(23)16(10-15)21(31)27-12-14-6-4-3-5-7-14/h3-10H,11-12H2,1-2H3,(H,27,31). The van der Waals surface area contributed by atoms with Crippen molar-refractivity contribution in [3.63, 3.8) is 0 Å². The summed E-state index contributed by atoms with van der Waals surface area (Å²) in [6.45, 7) is 1.49. The Morgan fingerprint density at radius 2 is 1.77 bits per heavy atom. The maximum atomic E-state index is 13.4. The number of ketones is 1. The van der Waals surface area contributed by atoms with E-state index in [4.69, 9.17) is 11.6 Å². The molecule has 0 unspecified atom stereocenters. The normalized spacial score (nSPS) is 11.4. The number of carbonyl (C=O) groups excluding carboxylic acids is 2. The highest BCUT2D eigenvalue weighted by molar-refractivity contribution is 6.33. The number of rotatable bonds is 6. The van der Waals surface area contributed by atoms with E-state index in [1.165, 1.54) is 32.2 Å². The van der Waals surface area contributed by atoms with E-state index < -0.39 is 29.1 Å². The molecule has 3 aromatic rings. The molecule has 1 aromatic heterocycles. The average molecular weight is 450 g/mol. The zero-order valence-electron chi connectivity index (χ0n) is 16.8. The number of aromatic nitrogens is 2. The molecule has 0 spiro atoms. The fourth-order valence-electron chi connectivity index (χ4n) is 3.32. The second-order valence-corrected chi connectivity index (χ2v) is 7.42. The van der Waals surface area contributed by atoms with E-state index in [1.807, 2.05) is 30.3 Å². The molecule has 0 atom stereocenters. The van der Waals surface area contributed by atoms with E-state index in [0.717, 1.165) is 10.2 Å². The van der Waals surface area contributed by atoms with E-state index >= 15 is 0 Å². The molecular formula is C22H19ClF3N3O2. The van der Waals surface area contributed by atoms with Crippen molar-refractivity contribution in [2.75, 3.05) is 0 Å². The number of Topliss-reactive ketones (excluding diaryl/α,β-unsaturated/α-hetero) is 1. The van der Waals surface area contributed by atoms with Crippen LogP contribution in [0.15, 0.2) is 48.5 Å². The molecule has 5 nitrogen and oxygen atoms in total. The SMILES string of the molecule is Cc1nn(C)c(C(=O)Cc2ccc(Cl)c(C(=O)NCc3ccccc3)c2)c1C(F)(F)F. The van der Waals surface area contributed by atoms with Gasteiger partial charge in [0.25, 0.3) is 5.91 Å². The molecule has 0 saturated heterocycles. The molecule has 0 radical (unpaired) electrons. The van der Waals surface area contributed by atoms with Crippen molar-refractivity contribution in [1.82, 2.24) is 15.1 Å². The Morgan fingerprint density at radius 1 is 1.10 bits per heavy atom. The van der Waals surface area contributed by atoms with E-state index in [-0.39, 0.29) is 29.2 Å². The third kappa shape index (κ3) is 5.14. The smallest absolute Gasteiger partial charge is 0.348 e. The molecule has 162 valence electrons. The summed E-state index contributed by atoms with van der Waals surface area (Å²) < 4.78 is 41.1. The molecule has 0 aliphatic carbocycles. The molecule has 0 fully saturated rings. The number of nitrogens with one attached hydrogen (secondary N) is 1. The van der Waals surface area contributed by atoms with Crippen molar-refractivity contribution in [2.24, 2.45) is 7.05 Å². The lowest BCUT2D eigenvalue weighted by Gasteiger charge is -2.11. The largest absolute Gasteiger partial charge is 0.420 e. The van der Waals surface area contributed by atoms with Crippen LogP contribution in [0.2, 0.25) is 5.02 Å². The Bertz CT molecular complexity index is 1130. The Kier molecular flexibility index (Phi) is 6.50. The summed E-state index contributed by atoms with van der Waals surface area (Å²) in [6, 6.07) is 13.6. The predicted octanol–water partition coefficient (Wildman–Crippen LogP) is 4.76. The molecule has 0 saturated carbocycles. The van der Waals surface area contributed by atoms with E-state index in [2.05, 4.69) is 10.4 Å². The Hall–Kier alpha value is -3.13. The highest BCUT2D eigenvalue weighted by Gasteiger charge is 2.40. The van der Waals surface area contributed by atoms with Gasteiger partial charge in [0, 0.05) is 20.0 Å². The zero-order valence-corrected chi connectivity index (χ0v) is 17.5. The third-order valence-corrected chi connectivity index (χ3v) is 5.04. The van der Waals surface area contributed by atoms with Crippen molar-refractivity contribution >= 4 is 23.3 Å². The molecule has 0 aliphatic rings. The van der Waals surface area contributed by atoms with Gasteiger partial charge in [0.1, 0.15) is 11.3 Å². The minimum atomic E-state index is -4.70. The summed E-state index contributed by atoms with van der Waals surface area (Å²) in [4.78, 5) is 25.2. The fraction of sp³-hybridized carbons (Fsp3) is 0.227. The van der Waals surface area contributed by atoms with Crippen LogP contribution in [0.4, 0.5) is 13.2 Å². The highest BCUT2D eigenvalue weighted by Crippen LogP contribution is 2.34. The lowest BCUT2D eigenvalue weighted by Crippen LogP contribution is -2.23. The number of carbonyl (C=O) groups is 2. The van der Waals surface area contributed by atoms with Gasteiger partial charge >= 0.3 is 6.18 Å². The van der Waals surface area contributed by atoms with E-state index in [1.54, 1.807) is 0 Å². The molecule has 1 heterocycles. The minimum absolute atomic E-state index is 0.139. The van der Waals surface area contributed by atoms with E-state index in [0.29, 0.717) is 5.56 Å². The number of aryl methyl sites for hydroxylation is 2. The number of benzene rings is 2. The average Bonchev–Trinajstić information content (AvgIpc) is 3.02. The molecule has 0 aliphatic heterocycles. The van der Waals surface area contributed by atoms with Crippen LogP contribution in [-0.2, 0) is 26.2 Å². The molecule has 1 amide bonds. The quantitative estimate of drug-likeness (QED) is 0.552. The first-order chi connectivity index (χ1) is 14.6. The minimum Gasteiger partial charge on any atom is -0.348 e.